The minimum atomic E-state index is 0.786. The van der Waals surface area contributed by atoms with Gasteiger partial charge in [-0.1, -0.05) is 6.92 Å². The standard InChI is InChI=1S/C9H16O2/c1-5-7-9(11-4)8(6-2)10-3/h6-7H,5H2,1-4H3/b8-6+,9-7+. The quantitative estimate of drug-likeness (QED) is 0.460. The second-order valence-corrected chi connectivity index (χ2v) is 2.04. The Morgan fingerprint density at radius 3 is 2.00 bits per heavy atom. The number of ether oxygens (including phenoxy) is 2. The smallest absolute Gasteiger partial charge is 0.156 e. The summed E-state index contributed by atoms with van der Waals surface area (Å²) in [5.74, 6) is 1.59. The molecule has 0 aromatic rings. The zero-order valence-corrected chi connectivity index (χ0v) is 7.68. The van der Waals surface area contributed by atoms with Gasteiger partial charge in [0.2, 0.25) is 0 Å². The fourth-order valence-electron chi connectivity index (χ4n) is 0.831. The molecule has 0 saturated carbocycles. The van der Waals surface area contributed by atoms with Gasteiger partial charge in [0.25, 0.3) is 0 Å². The number of hydrogen-bond acceptors (Lipinski definition) is 2. The fraction of sp³-hybridized carbons (Fsp3) is 0.556. The summed E-state index contributed by atoms with van der Waals surface area (Å²) in [7, 11) is 3.28. The van der Waals surface area contributed by atoms with E-state index in [0.717, 1.165) is 17.9 Å². The molecule has 0 aliphatic rings. The molecule has 0 unspecified atom stereocenters. The van der Waals surface area contributed by atoms with Crippen molar-refractivity contribution in [2.45, 2.75) is 20.3 Å². The van der Waals surface area contributed by atoms with Crippen LogP contribution < -0.4 is 0 Å². The summed E-state index contributed by atoms with van der Waals surface area (Å²) in [5.41, 5.74) is 0. The normalized spacial score (nSPS) is 13.1. The SMILES string of the molecule is C/C=C(OC)\C(=C/CC)OC. The predicted molar refractivity (Wildman–Crippen MR) is 46.1 cm³/mol. The highest BCUT2D eigenvalue weighted by Gasteiger charge is 2.01. The van der Waals surface area contributed by atoms with Gasteiger partial charge in [0, 0.05) is 0 Å². The van der Waals surface area contributed by atoms with Gasteiger partial charge in [0.05, 0.1) is 14.2 Å². The molecular weight excluding hydrogens is 140 g/mol. The summed E-state index contributed by atoms with van der Waals surface area (Å²) < 4.78 is 10.2. The van der Waals surface area contributed by atoms with Gasteiger partial charge < -0.3 is 9.47 Å². The molecule has 64 valence electrons. The van der Waals surface area contributed by atoms with Crippen molar-refractivity contribution in [2.75, 3.05) is 14.2 Å². The van der Waals surface area contributed by atoms with E-state index in [1.165, 1.54) is 0 Å². The average molecular weight is 156 g/mol. The molecular formula is C9H16O2. The van der Waals surface area contributed by atoms with Crippen molar-refractivity contribution in [3.05, 3.63) is 23.7 Å². The fourth-order valence-corrected chi connectivity index (χ4v) is 0.831. The minimum absolute atomic E-state index is 0.786. The van der Waals surface area contributed by atoms with Gasteiger partial charge in [-0.05, 0) is 25.5 Å². The summed E-state index contributed by atoms with van der Waals surface area (Å²) in [4.78, 5) is 0. The Morgan fingerprint density at radius 2 is 1.73 bits per heavy atom. The largest absolute Gasteiger partial charge is 0.493 e. The summed E-state index contributed by atoms with van der Waals surface area (Å²) >= 11 is 0. The van der Waals surface area contributed by atoms with Crippen LogP contribution in [0, 0.1) is 0 Å². The first-order chi connectivity index (χ1) is 5.29. The highest BCUT2D eigenvalue weighted by atomic mass is 16.5. The maximum atomic E-state index is 5.10. The maximum Gasteiger partial charge on any atom is 0.156 e. The topological polar surface area (TPSA) is 18.5 Å². The number of allylic oxidation sites excluding steroid dienone is 2. The van der Waals surface area contributed by atoms with Crippen molar-refractivity contribution in [3.63, 3.8) is 0 Å². The zero-order chi connectivity index (χ0) is 8.69. The lowest BCUT2D eigenvalue weighted by molar-refractivity contribution is 0.219. The van der Waals surface area contributed by atoms with Crippen molar-refractivity contribution < 1.29 is 9.47 Å². The van der Waals surface area contributed by atoms with Crippen LogP contribution in [0.4, 0.5) is 0 Å². The summed E-state index contributed by atoms with van der Waals surface area (Å²) in [6, 6.07) is 0. The molecule has 0 aromatic carbocycles. The first kappa shape index (κ1) is 10.1. The van der Waals surface area contributed by atoms with Crippen LogP contribution in [0.25, 0.3) is 0 Å². The first-order valence-corrected chi connectivity index (χ1v) is 3.74. The molecule has 0 saturated heterocycles. The van der Waals surface area contributed by atoms with E-state index in [9.17, 15) is 0 Å². The van der Waals surface area contributed by atoms with E-state index in [0.29, 0.717) is 0 Å². The van der Waals surface area contributed by atoms with E-state index < -0.39 is 0 Å². The Morgan fingerprint density at radius 1 is 1.18 bits per heavy atom. The summed E-state index contributed by atoms with van der Waals surface area (Å²) in [5, 5.41) is 0. The molecule has 2 nitrogen and oxygen atoms in total. The Kier molecular flexibility index (Phi) is 5.35. The molecule has 0 amide bonds. The van der Waals surface area contributed by atoms with E-state index in [2.05, 4.69) is 6.92 Å². The van der Waals surface area contributed by atoms with Crippen molar-refractivity contribution in [2.24, 2.45) is 0 Å². The second-order valence-electron chi connectivity index (χ2n) is 2.04. The molecule has 11 heavy (non-hydrogen) atoms. The molecule has 0 aliphatic carbocycles. The van der Waals surface area contributed by atoms with Gasteiger partial charge in [-0.3, -0.25) is 0 Å². The number of methoxy groups -OCH3 is 2. The van der Waals surface area contributed by atoms with E-state index in [4.69, 9.17) is 9.47 Å². The molecule has 2 heteroatoms. The second kappa shape index (κ2) is 5.83. The first-order valence-electron chi connectivity index (χ1n) is 3.74. The molecule has 0 radical (unpaired) electrons. The van der Waals surface area contributed by atoms with Gasteiger partial charge in [-0.25, -0.2) is 0 Å². The summed E-state index contributed by atoms with van der Waals surface area (Å²) in [6.45, 7) is 3.98. The molecule has 0 N–H and O–H groups in total. The van der Waals surface area contributed by atoms with Gasteiger partial charge in [-0.2, -0.15) is 0 Å². The van der Waals surface area contributed by atoms with Crippen LogP contribution >= 0.6 is 0 Å². The highest BCUT2D eigenvalue weighted by molar-refractivity contribution is 5.18. The van der Waals surface area contributed by atoms with Crippen molar-refractivity contribution in [1.29, 1.82) is 0 Å². The van der Waals surface area contributed by atoms with Gasteiger partial charge in [0.1, 0.15) is 0 Å². The lowest BCUT2D eigenvalue weighted by atomic mass is 10.3. The highest BCUT2D eigenvalue weighted by Crippen LogP contribution is 2.11. The van der Waals surface area contributed by atoms with Gasteiger partial charge >= 0.3 is 0 Å². The molecule has 0 aliphatic heterocycles. The van der Waals surface area contributed by atoms with Crippen LogP contribution in [0.1, 0.15) is 20.3 Å². The lowest BCUT2D eigenvalue weighted by Crippen LogP contribution is -1.94. The molecule has 0 fully saturated rings. The van der Waals surface area contributed by atoms with Crippen LogP contribution in [0.3, 0.4) is 0 Å². The van der Waals surface area contributed by atoms with Crippen molar-refractivity contribution in [3.8, 4) is 0 Å². The maximum absolute atomic E-state index is 5.10. The van der Waals surface area contributed by atoms with Crippen LogP contribution in [0.5, 0.6) is 0 Å². The Labute approximate surface area is 68.5 Å². The molecule has 0 aromatic heterocycles. The third kappa shape index (κ3) is 3.12. The van der Waals surface area contributed by atoms with E-state index in [1.54, 1.807) is 14.2 Å². The van der Waals surface area contributed by atoms with Gasteiger partial charge in [0.15, 0.2) is 11.5 Å². The zero-order valence-electron chi connectivity index (χ0n) is 7.68. The summed E-state index contributed by atoms with van der Waals surface area (Å²) in [6.07, 6.45) is 4.81. The number of hydrogen-bond donors (Lipinski definition) is 0. The van der Waals surface area contributed by atoms with Crippen LogP contribution in [-0.4, -0.2) is 14.2 Å². The molecule has 0 heterocycles. The van der Waals surface area contributed by atoms with Crippen LogP contribution in [0.15, 0.2) is 23.7 Å². The van der Waals surface area contributed by atoms with Crippen molar-refractivity contribution in [1.82, 2.24) is 0 Å². The monoisotopic (exact) mass is 156 g/mol. The van der Waals surface area contributed by atoms with Crippen molar-refractivity contribution >= 4 is 0 Å². The van der Waals surface area contributed by atoms with E-state index >= 15 is 0 Å². The Hall–Kier alpha value is -0.920. The van der Waals surface area contributed by atoms with E-state index in [1.807, 2.05) is 19.1 Å². The Bertz CT molecular complexity index is 157. The van der Waals surface area contributed by atoms with Crippen LogP contribution in [0.2, 0.25) is 0 Å². The predicted octanol–water partition coefficient (Wildman–Crippen LogP) is 2.48. The van der Waals surface area contributed by atoms with Crippen LogP contribution in [-0.2, 0) is 9.47 Å². The molecule has 0 rings (SSSR count). The molecule has 0 bridgehead atoms. The van der Waals surface area contributed by atoms with E-state index in [-0.39, 0.29) is 0 Å². The average Bonchev–Trinajstić information content (AvgIpc) is 2.05. The Balaban J connectivity index is 4.35. The third-order valence-electron chi connectivity index (χ3n) is 1.33. The third-order valence-corrected chi connectivity index (χ3v) is 1.33. The molecule has 0 atom stereocenters. The molecule has 0 spiro atoms. The van der Waals surface area contributed by atoms with Gasteiger partial charge in [-0.15, -0.1) is 0 Å². The lowest BCUT2D eigenvalue weighted by Gasteiger charge is -2.08. The minimum Gasteiger partial charge on any atom is -0.493 e. The number of rotatable bonds is 4.